The first-order chi connectivity index (χ1) is 10.6. The first kappa shape index (κ1) is 14.6. The Labute approximate surface area is 130 Å². The molecule has 114 valence electrons. The Kier molecular flexibility index (Phi) is 3.88. The molecular weight excluding hydrogens is 276 g/mol. The molecule has 0 bridgehead atoms. The average molecular weight is 296 g/mol. The zero-order chi connectivity index (χ0) is 15.7. The zero-order valence-corrected chi connectivity index (χ0v) is 12.7. The van der Waals surface area contributed by atoms with E-state index in [4.69, 9.17) is 4.74 Å². The van der Waals surface area contributed by atoms with Gasteiger partial charge < -0.3 is 9.84 Å². The van der Waals surface area contributed by atoms with Crippen LogP contribution in [-0.2, 0) is 16.0 Å². The second-order valence-electron chi connectivity index (χ2n) is 5.94. The number of carbonyl (C=O) groups excluding carboxylic acids is 1. The lowest BCUT2D eigenvalue weighted by Gasteiger charge is -2.14. The van der Waals surface area contributed by atoms with Crippen molar-refractivity contribution in [3.63, 3.8) is 0 Å². The summed E-state index contributed by atoms with van der Waals surface area (Å²) in [5.74, 6) is 0.158. The predicted molar refractivity (Wildman–Crippen MR) is 86.7 cm³/mol. The first-order valence-corrected chi connectivity index (χ1v) is 7.67. The number of carbonyl (C=O) groups is 1. The number of esters is 1. The van der Waals surface area contributed by atoms with E-state index < -0.39 is 0 Å². The van der Waals surface area contributed by atoms with Crippen LogP contribution in [0.1, 0.15) is 25.3 Å². The van der Waals surface area contributed by atoms with Gasteiger partial charge in [-0.2, -0.15) is 0 Å². The molecule has 0 aliphatic carbocycles. The fourth-order valence-corrected chi connectivity index (χ4v) is 3.09. The Morgan fingerprint density at radius 2 is 1.91 bits per heavy atom. The van der Waals surface area contributed by atoms with Crippen molar-refractivity contribution in [3.05, 3.63) is 54.1 Å². The quantitative estimate of drug-likeness (QED) is 0.685. The van der Waals surface area contributed by atoms with Crippen molar-refractivity contribution in [1.82, 2.24) is 0 Å². The molecule has 0 spiro atoms. The molecule has 2 unspecified atom stereocenters. The second-order valence-corrected chi connectivity index (χ2v) is 5.94. The third-order valence-corrected chi connectivity index (χ3v) is 4.55. The number of ether oxygens (including phenoxy) is 1. The normalized spacial score (nSPS) is 21.3. The van der Waals surface area contributed by atoms with Crippen LogP contribution in [0.4, 0.5) is 0 Å². The van der Waals surface area contributed by atoms with E-state index in [1.807, 2.05) is 37.3 Å². The highest BCUT2D eigenvalue weighted by Crippen LogP contribution is 2.31. The van der Waals surface area contributed by atoms with Crippen molar-refractivity contribution in [2.75, 3.05) is 0 Å². The van der Waals surface area contributed by atoms with Gasteiger partial charge in [0.05, 0.1) is 0 Å². The smallest absolute Gasteiger partial charge is 0.334 e. The maximum Gasteiger partial charge on any atom is 0.334 e. The van der Waals surface area contributed by atoms with Crippen molar-refractivity contribution in [2.45, 2.75) is 32.3 Å². The van der Waals surface area contributed by atoms with Crippen molar-refractivity contribution in [3.8, 4) is 5.75 Å². The molecule has 1 aliphatic heterocycles. The molecule has 2 aromatic carbocycles. The molecular formula is C19H20O3. The maximum absolute atomic E-state index is 11.5. The first-order valence-electron chi connectivity index (χ1n) is 7.67. The van der Waals surface area contributed by atoms with Crippen LogP contribution in [0, 0.1) is 5.92 Å². The summed E-state index contributed by atoms with van der Waals surface area (Å²) in [5.41, 5.74) is 1.80. The SMILES string of the molecule is C=C1C(=O)OC(CCCc2ccc(O)c3ccccc23)C1C. The molecule has 3 nitrogen and oxygen atoms in total. The standard InChI is InChI=1S/C19H20O3/c1-12-13(2)19(21)22-18(12)9-5-6-14-10-11-17(20)16-8-4-3-7-15(14)16/h3-4,7-8,10-12,18,20H,2,5-6,9H2,1H3. The minimum absolute atomic E-state index is 0.0524. The van der Waals surface area contributed by atoms with E-state index >= 15 is 0 Å². The number of cyclic esters (lactones) is 1. The lowest BCUT2D eigenvalue weighted by Crippen LogP contribution is -2.13. The van der Waals surface area contributed by atoms with Crippen LogP contribution in [0.2, 0.25) is 0 Å². The number of phenols is 1. The average Bonchev–Trinajstić information content (AvgIpc) is 2.77. The molecule has 0 saturated carbocycles. The Morgan fingerprint density at radius 1 is 1.18 bits per heavy atom. The van der Waals surface area contributed by atoms with Crippen LogP contribution < -0.4 is 0 Å². The Balaban J connectivity index is 1.69. The van der Waals surface area contributed by atoms with E-state index in [1.54, 1.807) is 6.07 Å². The molecule has 2 aromatic rings. The van der Waals surface area contributed by atoms with E-state index in [9.17, 15) is 9.90 Å². The Hall–Kier alpha value is -2.29. The van der Waals surface area contributed by atoms with Gasteiger partial charge in [-0.3, -0.25) is 0 Å². The highest BCUT2D eigenvalue weighted by Gasteiger charge is 2.34. The number of benzene rings is 2. The van der Waals surface area contributed by atoms with Crippen molar-refractivity contribution < 1.29 is 14.6 Å². The zero-order valence-electron chi connectivity index (χ0n) is 12.7. The lowest BCUT2D eigenvalue weighted by molar-refractivity contribution is -0.139. The Morgan fingerprint density at radius 3 is 2.59 bits per heavy atom. The van der Waals surface area contributed by atoms with Crippen LogP contribution in [0.5, 0.6) is 5.75 Å². The summed E-state index contributed by atoms with van der Waals surface area (Å²) in [6, 6.07) is 11.6. The molecule has 22 heavy (non-hydrogen) atoms. The number of aromatic hydroxyl groups is 1. The van der Waals surface area contributed by atoms with Gasteiger partial charge in [-0.05, 0) is 36.3 Å². The third kappa shape index (κ3) is 2.59. The topological polar surface area (TPSA) is 46.5 Å². The summed E-state index contributed by atoms with van der Waals surface area (Å²) >= 11 is 0. The van der Waals surface area contributed by atoms with E-state index in [1.165, 1.54) is 5.56 Å². The summed E-state index contributed by atoms with van der Waals surface area (Å²) < 4.78 is 5.35. The molecule has 0 aromatic heterocycles. The summed E-state index contributed by atoms with van der Waals surface area (Å²) in [7, 11) is 0. The monoisotopic (exact) mass is 296 g/mol. The van der Waals surface area contributed by atoms with Crippen LogP contribution in [0.25, 0.3) is 10.8 Å². The second kappa shape index (κ2) is 5.84. The number of aryl methyl sites for hydroxylation is 1. The molecule has 1 aliphatic rings. The fourth-order valence-electron chi connectivity index (χ4n) is 3.09. The maximum atomic E-state index is 11.5. The minimum Gasteiger partial charge on any atom is -0.507 e. The van der Waals surface area contributed by atoms with Crippen LogP contribution in [0.15, 0.2) is 48.6 Å². The summed E-state index contributed by atoms with van der Waals surface area (Å²) in [4.78, 5) is 11.5. The number of hydrogen-bond donors (Lipinski definition) is 1. The minimum atomic E-state index is -0.257. The lowest BCUT2D eigenvalue weighted by atomic mass is 9.94. The fraction of sp³-hybridized carbons (Fsp3) is 0.316. The molecule has 1 heterocycles. The molecule has 1 saturated heterocycles. The number of fused-ring (bicyclic) bond motifs is 1. The van der Waals surface area contributed by atoms with Gasteiger partial charge in [0.2, 0.25) is 0 Å². The van der Waals surface area contributed by atoms with Gasteiger partial charge in [-0.25, -0.2) is 4.79 Å². The molecule has 0 radical (unpaired) electrons. The van der Waals surface area contributed by atoms with Crippen molar-refractivity contribution >= 4 is 16.7 Å². The number of rotatable bonds is 4. The largest absolute Gasteiger partial charge is 0.507 e. The number of phenolic OH excluding ortho intramolecular Hbond substituents is 1. The molecule has 1 fully saturated rings. The number of hydrogen-bond acceptors (Lipinski definition) is 3. The van der Waals surface area contributed by atoms with Crippen LogP contribution >= 0.6 is 0 Å². The van der Waals surface area contributed by atoms with E-state index in [0.717, 1.165) is 30.0 Å². The summed E-state index contributed by atoms with van der Waals surface area (Å²) in [6.45, 7) is 5.77. The van der Waals surface area contributed by atoms with Crippen LogP contribution in [0.3, 0.4) is 0 Å². The molecule has 2 atom stereocenters. The van der Waals surface area contributed by atoms with Gasteiger partial charge in [-0.15, -0.1) is 0 Å². The van der Waals surface area contributed by atoms with Crippen molar-refractivity contribution in [1.29, 1.82) is 0 Å². The van der Waals surface area contributed by atoms with E-state index in [2.05, 4.69) is 6.58 Å². The van der Waals surface area contributed by atoms with Gasteiger partial charge >= 0.3 is 5.97 Å². The highest BCUT2D eigenvalue weighted by molar-refractivity contribution is 5.91. The van der Waals surface area contributed by atoms with Crippen LogP contribution in [-0.4, -0.2) is 17.2 Å². The van der Waals surface area contributed by atoms with Gasteiger partial charge in [-0.1, -0.05) is 43.8 Å². The molecule has 0 amide bonds. The van der Waals surface area contributed by atoms with Gasteiger partial charge in [0.15, 0.2) is 0 Å². The van der Waals surface area contributed by atoms with E-state index in [-0.39, 0.29) is 18.0 Å². The molecule has 3 heteroatoms. The third-order valence-electron chi connectivity index (χ3n) is 4.55. The van der Waals surface area contributed by atoms with Crippen molar-refractivity contribution in [2.24, 2.45) is 5.92 Å². The summed E-state index contributed by atoms with van der Waals surface area (Å²) in [5, 5.41) is 11.9. The Bertz CT molecular complexity index is 733. The van der Waals surface area contributed by atoms with Gasteiger partial charge in [0.1, 0.15) is 11.9 Å². The predicted octanol–water partition coefficient (Wildman–Crippen LogP) is 3.99. The highest BCUT2D eigenvalue weighted by atomic mass is 16.6. The summed E-state index contributed by atoms with van der Waals surface area (Å²) in [6.07, 6.45) is 2.61. The van der Waals surface area contributed by atoms with Gasteiger partial charge in [0.25, 0.3) is 0 Å². The molecule has 1 N–H and O–H groups in total. The molecule has 3 rings (SSSR count). The van der Waals surface area contributed by atoms with E-state index in [0.29, 0.717) is 11.3 Å². The van der Waals surface area contributed by atoms with Gasteiger partial charge in [0, 0.05) is 16.9 Å².